The molecule has 208 valence electrons. The fraction of sp³-hybridized carbons (Fsp3) is 0.370. The number of benzene rings is 2. The lowest BCUT2D eigenvalue weighted by Gasteiger charge is -2.30. The molecule has 4 heterocycles. The Hall–Kier alpha value is -3.63. The highest BCUT2D eigenvalue weighted by molar-refractivity contribution is 7.23. The van der Waals surface area contributed by atoms with Crippen molar-refractivity contribution >= 4 is 37.3 Å². The molecule has 2 fully saturated rings. The van der Waals surface area contributed by atoms with E-state index in [2.05, 4.69) is 9.97 Å². The molecule has 2 aromatic heterocycles. The van der Waals surface area contributed by atoms with E-state index < -0.39 is 46.2 Å². The summed E-state index contributed by atoms with van der Waals surface area (Å²) >= 11 is 0.692. The zero-order chi connectivity index (χ0) is 28.6. The Morgan fingerprint density at radius 2 is 2.05 bits per heavy atom. The van der Waals surface area contributed by atoms with Crippen molar-refractivity contribution in [3.63, 3.8) is 0 Å². The Balaban J connectivity index is 1.54. The molecular formula is C27H21F6N5OS. The monoisotopic (exact) mass is 577 g/mol. The van der Waals surface area contributed by atoms with Crippen molar-refractivity contribution in [2.24, 2.45) is 0 Å². The van der Waals surface area contributed by atoms with Crippen molar-refractivity contribution in [1.29, 1.82) is 5.26 Å². The van der Waals surface area contributed by atoms with E-state index >= 15 is 4.39 Å². The van der Waals surface area contributed by atoms with Crippen molar-refractivity contribution in [2.45, 2.75) is 44.1 Å². The van der Waals surface area contributed by atoms with Gasteiger partial charge >= 0.3 is 12.2 Å². The van der Waals surface area contributed by atoms with Crippen LogP contribution in [0.1, 0.15) is 36.1 Å². The number of ether oxygens (including phenoxy) is 1. The number of thiophene rings is 1. The summed E-state index contributed by atoms with van der Waals surface area (Å²) in [6, 6.07) is 4.19. The number of halogens is 6. The van der Waals surface area contributed by atoms with Crippen LogP contribution >= 0.6 is 11.3 Å². The molecule has 4 aromatic rings. The Labute approximate surface area is 228 Å². The molecule has 40 heavy (non-hydrogen) atoms. The summed E-state index contributed by atoms with van der Waals surface area (Å²) in [6.45, 7) is 2.48. The minimum Gasteiger partial charge on any atom is -0.461 e. The van der Waals surface area contributed by atoms with Crippen LogP contribution in [0.25, 0.3) is 32.1 Å². The SMILES string of the molecule is Cc1nc(OC[C@@]23CCCN2C[C@H](F)C3)nc2c(F)c(-c3ccc(F)c4sc(N)c(C#N)c34)c(C(F)(F)F)cc12. The number of hydrogen-bond acceptors (Lipinski definition) is 7. The molecule has 6 nitrogen and oxygen atoms in total. The number of rotatable bonds is 4. The first kappa shape index (κ1) is 26.6. The van der Waals surface area contributed by atoms with Gasteiger partial charge in [-0.05, 0) is 44.0 Å². The van der Waals surface area contributed by atoms with E-state index in [0.717, 1.165) is 31.2 Å². The van der Waals surface area contributed by atoms with Crippen LogP contribution < -0.4 is 10.5 Å². The van der Waals surface area contributed by atoms with Crippen LogP contribution in [0.5, 0.6) is 6.01 Å². The summed E-state index contributed by atoms with van der Waals surface area (Å²) in [4.78, 5) is 10.3. The highest BCUT2D eigenvalue weighted by Gasteiger charge is 2.49. The van der Waals surface area contributed by atoms with E-state index in [1.54, 1.807) is 6.07 Å². The smallest absolute Gasteiger partial charge is 0.417 e. The Kier molecular flexibility index (Phi) is 6.12. The summed E-state index contributed by atoms with van der Waals surface area (Å²) in [7, 11) is 0. The lowest BCUT2D eigenvalue weighted by atomic mass is 9.92. The molecule has 0 unspecified atom stereocenters. The quantitative estimate of drug-likeness (QED) is 0.278. The van der Waals surface area contributed by atoms with Gasteiger partial charge in [0.15, 0.2) is 5.82 Å². The molecule has 2 atom stereocenters. The topological polar surface area (TPSA) is 88.1 Å². The molecule has 2 N–H and O–H groups in total. The number of aromatic nitrogens is 2. The van der Waals surface area contributed by atoms with E-state index in [1.807, 2.05) is 4.90 Å². The van der Waals surface area contributed by atoms with E-state index in [1.165, 1.54) is 6.92 Å². The molecule has 2 aliphatic heterocycles. The van der Waals surface area contributed by atoms with Crippen LogP contribution in [0.4, 0.5) is 31.3 Å². The molecule has 2 aliphatic rings. The number of nitrogens with zero attached hydrogens (tertiary/aromatic N) is 4. The molecule has 0 radical (unpaired) electrons. The average Bonchev–Trinajstić information content (AvgIpc) is 3.52. The maximum Gasteiger partial charge on any atom is 0.417 e. The lowest BCUT2D eigenvalue weighted by molar-refractivity contribution is -0.137. The minimum absolute atomic E-state index is 0.0474. The fourth-order valence-electron chi connectivity index (χ4n) is 6.06. The van der Waals surface area contributed by atoms with Crippen molar-refractivity contribution in [1.82, 2.24) is 14.9 Å². The minimum atomic E-state index is -5.02. The van der Waals surface area contributed by atoms with Gasteiger partial charge in [0, 0.05) is 29.3 Å². The number of aryl methyl sites for hydroxylation is 1. The second-order valence-corrected chi connectivity index (χ2v) is 11.3. The van der Waals surface area contributed by atoms with Crippen molar-refractivity contribution in [3.8, 4) is 23.2 Å². The molecule has 0 amide bonds. The molecule has 13 heteroatoms. The molecule has 0 bridgehead atoms. The Morgan fingerprint density at radius 3 is 2.77 bits per heavy atom. The number of nitriles is 1. The van der Waals surface area contributed by atoms with Crippen LogP contribution in [0, 0.1) is 29.9 Å². The molecule has 0 spiro atoms. The van der Waals surface area contributed by atoms with Crippen molar-refractivity contribution < 1.29 is 31.1 Å². The Bertz CT molecular complexity index is 1730. The zero-order valence-corrected chi connectivity index (χ0v) is 21.8. The molecule has 6 rings (SSSR count). The third-order valence-corrected chi connectivity index (χ3v) is 8.86. The number of hydrogen-bond donors (Lipinski definition) is 1. The summed E-state index contributed by atoms with van der Waals surface area (Å²) in [5.74, 6) is -2.13. The second-order valence-electron chi connectivity index (χ2n) is 10.2. The van der Waals surface area contributed by atoms with Crippen LogP contribution in [-0.4, -0.2) is 46.3 Å². The predicted octanol–water partition coefficient (Wildman–Crippen LogP) is 6.53. The summed E-state index contributed by atoms with van der Waals surface area (Å²) in [5.41, 5.74) is 2.12. The molecule has 2 aromatic carbocycles. The maximum absolute atomic E-state index is 16.3. The largest absolute Gasteiger partial charge is 0.461 e. The first-order chi connectivity index (χ1) is 18.9. The van der Waals surface area contributed by atoms with Gasteiger partial charge in [0.05, 0.1) is 27.1 Å². The number of nitrogen functional groups attached to an aromatic ring is 1. The van der Waals surface area contributed by atoms with Gasteiger partial charge in [-0.25, -0.2) is 13.2 Å². The van der Waals surface area contributed by atoms with Crippen molar-refractivity contribution in [2.75, 3.05) is 25.4 Å². The summed E-state index contributed by atoms with van der Waals surface area (Å²) < 4.78 is 93.7. The first-order valence-electron chi connectivity index (χ1n) is 12.4. The predicted molar refractivity (Wildman–Crippen MR) is 138 cm³/mol. The molecule has 0 saturated carbocycles. The average molecular weight is 578 g/mol. The van der Waals surface area contributed by atoms with E-state index in [9.17, 15) is 27.2 Å². The molecule has 0 aliphatic carbocycles. The van der Waals surface area contributed by atoms with Gasteiger partial charge in [0.1, 0.15) is 35.2 Å². The van der Waals surface area contributed by atoms with Crippen LogP contribution in [0.3, 0.4) is 0 Å². The van der Waals surface area contributed by atoms with Crippen LogP contribution in [-0.2, 0) is 6.18 Å². The first-order valence-corrected chi connectivity index (χ1v) is 13.3. The third kappa shape index (κ3) is 4.04. The van der Waals surface area contributed by atoms with Gasteiger partial charge in [-0.1, -0.05) is 6.07 Å². The zero-order valence-electron chi connectivity index (χ0n) is 21.0. The second kappa shape index (κ2) is 9.21. The highest BCUT2D eigenvalue weighted by Crippen LogP contribution is 2.47. The van der Waals surface area contributed by atoms with Crippen LogP contribution in [0.2, 0.25) is 0 Å². The standard InChI is InChI=1S/C27H21F6N5OS/c1-12-15-7-17(27(31,32)33)20(14-3-4-18(29)23-19(14)16(9-34)24(35)40-23)21(30)22(15)37-25(36-12)39-11-26-5-2-6-38(26)10-13(28)8-26/h3-4,7,13H,2,5-6,8,10-11,35H2,1H3/t13-,26+/m1/s1. The van der Waals surface area contributed by atoms with E-state index in [4.69, 9.17) is 10.5 Å². The summed E-state index contributed by atoms with van der Waals surface area (Å²) in [5, 5.41) is 9.12. The number of nitrogens with two attached hydrogens (primary N) is 1. The molecular weight excluding hydrogens is 556 g/mol. The van der Waals surface area contributed by atoms with Gasteiger partial charge in [0.2, 0.25) is 0 Å². The third-order valence-electron chi connectivity index (χ3n) is 7.84. The fourth-order valence-corrected chi connectivity index (χ4v) is 7.01. The van der Waals surface area contributed by atoms with Crippen molar-refractivity contribution in [3.05, 3.63) is 46.7 Å². The number of alkyl halides is 4. The number of anilines is 1. The lowest BCUT2D eigenvalue weighted by Crippen LogP contribution is -2.43. The van der Waals surface area contributed by atoms with Gasteiger partial charge in [-0.2, -0.15) is 28.4 Å². The van der Waals surface area contributed by atoms with Crippen LogP contribution in [0.15, 0.2) is 18.2 Å². The van der Waals surface area contributed by atoms with Gasteiger partial charge < -0.3 is 10.5 Å². The summed E-state index contributed by atoms with van der Waals surface area (Å²) in [6.07, 6.45) is -4.16. The highest BCUT2D eigenvalue weighted by atomic mass is 32.1. The number of fused-ring (bicyclic) bond motifs is 3. The Morgan fingerprint density at radius 1 is 1.27 bits per heavy atom. The van der Waals surface area contributed by atoms with E-state index in [-0.39, 0.29) is 56.3 Å². The van der Waals surface area contributed by atoms with Gasteiger partial charge in [-0.3, -0.25) is 4.90 Å². The van der Waals surface area contributed by atoms with Gasteiger partial charge in [-0.15, -0.1) is 11.3 Å². The van der Waals surface area contributed by atoms with Gasteiger partial charge in [0.25, 0.3) is 0 Å². The maximum atomic E-state index is 16.3. The normalized spacial score (nSPS) is 21.3. The van der Waals surface area contributed by atoms with E-state index in [0.29, 0.717) is 24.3 Å². The molecule has 2 saturated heterocycles.